The molecule has 0 radical (unpaired) electrons. The van der Waals surface area contributed by atoms with Gasteiger partial charge in [0.05, 0.1) is 13.7 Å². The Morgan fingerprint density at radius 3 is 2.40 bits per heavy atom. The second-order valence-corrected chi connectivity index (χ2v) is 3.84. The minimum absolute atomic E-state index is 0.0183. The molecule has 0 bridgehead atoms. The molecule has 3 nitrogen and oxygen atoms in total. The number of methoxy groups -OCH3 is 1. The molecule has 15 heavy (non-hydrogen) atoms. The summed E-state index contributed by atoms with van der Waals surface area (Å²) in [6, 6.07) is -0.753. The van der Waals surface area contributed by atoms with Crippen molar-refractivity contribution in [3.8, 4) is 0 Å². The van der Waals surface area contributed by atoms with E-state index in [0.717, 1.165) is 17.7 Å². The highest BCUT2D eigenvalue weighted by atomic mass is 19.4. The second-order valence-electron chi connectivity index (χ2n) is 3.84. The number of carbonyl (C=O) groups is 1. The maximum absolute atomic E-state index is 12.1. The average molecular weight is 225 g/mol. The molecule has 1 unspecified atom stereocenters. The van der Waals surface area contributed by atoms with Crippen LogP contribution in [0.15, 0.2) is 0 Å². The summed E-state index contributed by atoms with van der Waals surface area (Å²) in [5.74, 6) is -0.561. The van der Waals surface area contributed by atoms with Crippen LogP contribution in [-0.2, 0) is 9.53 Å². The quantitative estimate of drug-likeness (QED) is 0.678. The lowest BCUT2D eigenvalue weighted by Gasteiger charge is -2.26. The fourth-order valence-corrected chi connectivity index (χ4v) is 1.65. The van der Waals surface area contributed by atoms with E-state index in [4.69, 9.17) is 0 Å². The van der Waals surface area contributed by atoms with Gasteiger partial charge in [0, 0.05) is 0 Å². The third kappa shape index (κ3) is 3.70. The highest BCUT2D eigenvalue weighted by Gasteiger charge is 2.43. The fraction of sp³-hybridized carbons (Fsp3) is 0.889. The molecule has 6 heteroatoms. The van der Waals surface area contributed by atoms with Crippen LogP contribution in [0.1, 0.15) is 12.8 Å². The molecular formula is C9H14F3NO2. The zero-order chi connectivity index (χ0) is 11.6. The normalized spacial score (nSPS) is 19.1. The Morgan fingerprint density at radius 2 is 2.07 bits per heavy atom. The Hall–Kier alpha value is -0.780. The third-order valence-electron chi connectivity index (χ3n) is 2.41. The van der Waals surface area contributed by atoms with Gasteiger partial charge in [0.1, 0.15) is 6.04 Å². The lowest BCUT2D eigenvalue weighted by Crippen LogP contribution is -2.45. The smallest absolute Gasteiger partial charge is 0.401 e. The number of halogens is 3. The molecule has 1 aliphatic carbocycles. The zero-order valence-electron chi connectivity index (χ0n) is 8.67. The predicted octanol–water partition coefficient (Wildman–Crippen LogP) is 1.43. The number of carbonyl (C=O) groups excluding carboxylic acids is 1. The van der Waals surface area contributed by atoms with E-state index in [0.29, 0.717) is 0 Å². The number of hydrogen-bond acceptors (Lipinski definition) is 3. The van der Waals surface area contributed by atoms with Gasteiger partial charge in [0.15, 0.2) is 0 Å². The van der Waals surface area contributed by atoms with Gasteiger partial charge in [-0.1, -0.05) is 0 Å². The van der Waals surface area contributed by atoms with Crippen molar-refractivity contribution in [1.82, 2.24) is 4.90 Å². The van der Waals surface area contributed by atoms with E-state index in [1.54, 1.807) is 0 Å². The van der Waals surface area contributed by atoms with Crippen LogP contribution in [-0.4, -0.2) is 43.8 Å². The molecule has 0 heterocycles. The molecule has 1 rings (SSSR count). The summed E-state index contributed by atoms with van der Waals surface area (Å²) in [6.45, 7) is -1.08. The molecule has 0 N–H and O–H groups in total. The first-order valence-electron chi connectivity index (χ1n) is 4.70. The van der Waals surface area contributed by atoms with Crippen molar-refractivity contribution >= 4 is 5.97 Å². The molecule has 1 atom stereocenters. The Morgan fingerprint density at radius 1 is 1.53 bits per heavy atom. The fourth-order valence-electron chi connectivity index (χ4n) is 1.65. The van der Waals surface area contributed by atoms with Crippen LogP contribution in [0.2, 0.25) is 0 Å². The Bertz CT molecular complexity index is 238. The van der Waals surface area contributed by atoms with Gasteiger partial charge in [0.2, 0.25) is 0 Å². The van der Waals surface area contributed by atoms with Crippen LogP contribution in [0.3, 0.4) is 0 Å². The predicted molar refractivity (Wildman–Crippen MR) is 47.2 cm³/mol. The summed E-state index contributed by atoms with van der Waals surface area (Å²) in [7, 11) is 2.49. The van der Waals surface area contributed by atoms with Crippen LogP contribution in [0.4, 0.5) is 13.2 Å². The van der Waals surface area contributed by atoms with Crippen molar-refractivity contribution < 1.29 is 22.7 Å². The van der Waals surface area contributed by atoms with E-state index in [1.807, 2.05) is 0 Å². The van der Waals surface area contributed by atoms with E-state index in [2.05, 4.69) is 4.74 Å². The van der Waals surface area contributed by atoms with Crippen LogP contribution in [0, 0.1) is 5.92 Å². The molecule has 0 aliphatic heterocycles. The number of ether oxygens (including phenoxy) is 1. The van der Waals surface area contributed by atoms with Gasteiger partial charge in [-0.15, -0.1) is 0 Å². The standard InChI is InChI=1S/C9H14F3NO2/c1-13(5-9(10,11)12)7(6-3-4-6)8(14)15-2/h6-7H,3-5H2,1-2H3. The van der Waals surface area contributed by atoms with Crippen molar-refractivity contribution in [2.24, 2.45) is 5.92 Å². The third-order valence-corrected chi connectivity index (χ3v) is 2.41. The van der Waals surface area contributed by atoms with Gasteiger partial charge in [-0.3, -0.25) is 9.69 Å². The molecule has 0 amide bonds. The minimum Gasteiger partial charge on any atom is -0.468 e. The summed E-state index contributed by atoms with van der Waals surface area (Å²) in [6.07, 6.45) is -2.69. The van der Waals surface area contributed by atoms with Gasteiger partial charge in [0.25, 0.3) is 0 Å². The second kappa shape index (κ2) is 4.38. The number of likely N-dealkylation sites (N-methyl/N-ethyl adjacent to an activating group) is 1. The minimum atomic E-state index is -4.28. The summed E-state index contributed by atoms with van der Waals surface area (Å²) in [5, 5.41) is 0. The average Bonchev–Trinajstić information content (AvgIpc) is 2.85. The Kier molecular flexibility index (Phi) is 3.59. The van der Waals surface area contributed by atoms with Crippen LogP contribution < -0.4 is 0 Å². The summed E-state index contributed by atoms with van der Waals surface area (Å²) < 4.78 is 40.9. The first kappa shape index (κ1) is 12.3. The molecule has 0 aromatic heterocycles. The van der Waals surface area contributed by atoms with E-state index in [9.17, 15) is 18.0 Å². The molecule has 0 aromatic carbocycles. The first-order chi connectivity index (χ1) is 6.85. The number of alkyl halides is 3. The van der Waals surface area contributed by atoms with Crippen molar-refractivity contribution in [1.29, 1.82) is 0 Å². The van der Waals surface area contributed by atoms with E-state index >= 15 is 0 Å². The lowest BCUT2D eigenvalue weighted by molar-refractivity contribution is -0.162. The van der Waals surface area contributed by atoms with Gasteiger partial charge in [-0.05, 0) is 25.8 Å². The van der Waals surface area contributed by atoms with E-state index in [1.165, 1.54) is 14.2 Å². The van der Waals surface area contributed by atoms with Gasteiger partial charge < -0.3 is 4.74 Å². The topological polar surface area (TPSA) is 29.5 Å². The summed E-state index contributed by atoms with van der Waals surface area (Å²) in [5.41, 5.74) is 0. The van der Waals surface area contributed by atoms with Gasteiger partial charge >= 0.3 is 12.1 Å². The maximum Gasteiger partial charge on any atom is 0.401 e. The monoisotopic (exact) mass is 225 g/mol. The zero-order valence-corrected chi connectivity index (χ0v) is 8.67. The molecule has 1 aliphatic rings. The highest BCUT2D eigenvalue weighted by Crippen LogP contribution is 2.36. The number of esters is 1. The van der Waals surface area contributed by atoms with Gasteiger partial charge in [-0.2, -0.15) is 13.2 Å². The van der Waals surface area contributed by atoms with Gasteiger partial charge in [-0.25, -0.2) is 0 Å². The molecule has 0 saturated heterocycles. The lowest BCUT2D eigenvalue weighted by atomic mass is 10.1. The van der Waals surface area contributed by atoms with Crippen molar-refractivity contribution in [2.45, 2.75) is 25.1 Å². The molecule has 0 spiro atoms. The van der Waals surface area contributed by atoms with Crippen LogP contribution in [0.25, 0.3) is 0 Å². The molecule has 88 valence electrons. The largest absolute Gasteiger partial charge is 0.468 e. The molecule has 1 fully saturated rings. The first-order valence-corrected chi connectivity index (χ1v) is 4.70. The van der Waals surface area contributed by atoms with E-state index < -0.39 is 24.7 Å². The summed E-state index contributed by atoms with van der Waals surface area (Å²) in [4.78, 5) is 12.3. The van der Waals surface area contributed by atoms with Crippen LogP contribution >= 0.6 is 0 Å². The molecular weight excluding hydrogens is 211 g/mol. The SMILES string of the molecule is COC(=O)C(C1CC1)N(C)CC(F)(F)F. The van der Waals surface area contributed by atoms with E-state index in [-0.39, 0.29) is 5.92 Å². The number of rotatable bonds is 4. The van der Waals surface area contributed by atoms with Crippen molar-refractivity contribution in [3.05, 3.63) is 0 Å². The molecule has 1 saturated carbocycles. The number of hydrogen-bond donors (Lipinski definition) is 0. The van der Waals surface area contributed by atoms with Crippen molar-refractivity contribution in [3.63, 3.8) is 0 Å². The van der Waals surface area contributed by atoms with Crippen molar-refractivity contribution in [2.75, 3.05) is 20.7 Å². The highest BCUT2D eigenvalue weighted by molar-refractivity contribution is 5.76. The Balaban J connectivity index is 2.59. The summed E-state index contributed by atoms with van der Waals surface area (Å²) >= 11 is 0. The Labute approximate surface area is 86.2 Å². The van der Waals surface area contributed by atoms with Crippen LogP contribution in [0.5, 0.6) is 0 Å². The maximum atomic E-state index is 12.1. The number of nitrogens with zero attached hydrogens (tertiary/aromatic N) is 1. The molecule has 0 aromatic rings.